The molecule has 0 spiro atoms. The number of hydrogen-bond donors (Lipinski definition) is 2. The third-order valence-corrected chi connectivity index (χ3v) is 7.37. The number of ether oxygens (including phenoxy) is 2. The molecule has 6 rings (SSSR count). The predicted molar refractivity (Wildman–Crippen MR) is 172 cm³/mol. The molecule has 0 aliphatic rings. The maximum Gasteiger partial charge on any atom is 0.118 e. The van der Waals surface area contributed by atoms with Crippen LogP contribution in [-0.2, 0) is 26.3 Å². The van der Waals surface area contributed by atoms with Gasteiger partial charge in [0.2, 0.25) is 0 Å². The summed E-state index contributed by atoms with van der Waals surface area (Å²) in [4.78, 5) is 8.20. The number of aryl methyl sites for hydroxylation is 1. The van der Waals surface area contributed by atoms with Crippen LogP contribution < -0.4 is 9.47 Å². The molecule has 0 atom stereocenters. The van der Waals surface area contributed by atoms with Gasteiger partial charge in [0.25, 0.3) is 0 Å². The molecular formula is C34H36N8O4. The van der Waals surface area contributed by atoms with E-state index >= 15 is 0 Å². The van der Waals surface area contributed by atoms with Gasteiger partial charge in [-0.2, -0.15) is 0 Å². The molecule has 236 valence electrons. The first-order chi connectivity index (χ1) is 22.4. The highest BCUT2D eigenvalue weighted by atomic mass is 16.5. The van der Waals surface area contributed by atoms with Crippen molar-refractivity contribution in [2.45, 2.75) is 40.2 Å². The normalized spacial score (nSPS) is 10.7. The van der Waals surface area contributed by atoms with E-state index in [9.17, 15) is 10.2 Å². The molecule has 0 unspecified atom stereocenters. The lowest BCUT2D eigenvalue weighted by atomic mass is 10.1. The minimum atomic E-state index is -0.0904. The Morgan fingerprint density at radius 2 is 1.13 bits per heavy atom. The summed E-state index contributed by atoms with van der Waals surface area (Å²) in [6.07, 6.45) is 3.36. The zero-order valence-corrected chi connectivity index (χ0v) is 26.2. The molecule has 0 saturated heterocycles. The van der Waals surface area contributed by atoms with E-state index in [2.05, 4.69) is 30.6 Å². The molecule has 0 aliphatic carbocycles. The summed E-state index contributed by atoms with van der Waals surface area (Å²) < 4.78 is 14.1. The van der Waals surface area contributed by atoms with Gasteiger partial charge < -0.3 is 19.7 Å². The van der Waals surface area contributed by atoms with Gasteiger partial charge in [-0.15, -0.1) is 10.2 Å². The summed E-state index contributed by atoms with van der Waals surface area (Å²) in [5.41, 5.74) is 8.86. The van der Waals surface area contributed by atoms with Crippen LogP contribution in [-0.4, -0.2) is 64.4 Å². The number of aliphatic hydroxyl groups is 2. The van der Waals surface area contributed by atoms with Crippen LogP contribution in [0.25, 0.3) is 22.5 Å². The van der Waals surface area contributed by atoms with Crippen molar-refractivity contribution in [1.29, 1.82) is 0 Å². The van der Waals surface area contributed by atoms with E-state index in [1.54, 1.807) is 26.6 Å². The molecule has 2 aromatic carbocycles. The molecule has 0 radical (unpaired) electrons. The monoisotopic (exact) mass is 620 g/mol. The summed E-state index contributed by atoms with van der Waals surface area (Å²) in [5, 5.41) is 35.4. The number of nitrogens with zero attached hydrogens (tertiary/aromatic N) is 8. The van der Waals surface area contributed by atoms with E-state index in [0.717, 1.165) is 56.5 Å². The molecule has 12 nitrogen and oxygen atoms in total. The molecule has 4 heterocycles. The van der Waals surface area contributed by atoms with Gasteiger partial charge in [-0.3, -0.25) is 9.97 Å². The van der Waals surface area contributed by atoms with Crippen LogP contribution in [0.2, 0.25) is 0 Å². The van der Waals surface area contributed by atoms with Crippen molar-refractivity contribution in [3.05, 3.63) is 119 Å². The summed E-state index contributed by atoms with van der Waals surface area (Å²) in [6, 6.07) is 23.2. The van der Waals surface area contributed by atoms with Crippen molar-refractivity contribution in [1.82, 2.24) is 40.0 Å². The van der Waals surface area contributed by atoms with E-state index in [1.165, 1.54) is 0 Å². The Hall–Kier alpha value is -5.46. The first kappa shape index (κ1) is 31.9. The zero-order chi connectivity index (χ0) is 32.5. The average molecular weight is 621 g/mol. The van der Waals surface area contributed by atoms with Gasteiger partial charge in [-0.25, -0.2) is 9.36 Å². The number of aromatic nitrogens is 8. The fraction of sp³-hybridized carbons (Fsp3) is 0.235. The Kier molecular flexibility index (Phi) is 10.4. The Morgan fingerprint density at radius 3 is 1.67 bits per heavy atom. The van der Waals surface area contributed by atoms with Gasteiger partial charge in [-0.05, 0) is 73.5 Å². The Morgan fingerprint density at radius 1 is 0.630 bits per heavy atom. The first-order valence-corrected chi connectivity index (χ1v) is 14.6. The smallest absolute Gasteiger partial charge is 0.118 e. The van der Waals surface area contributed by atoms with Crippen molar-refractivity contribution >= 4 is 0 Å². The van der Waals surface area contributed by atoms with E-state index in [4.69, 9.17) is 9.47 Å². The predicted octanol–water partition coefficient (Wildman–Crippen LogP) is 4.40. The van der Waals surface area contributed by atoms with Crippen LogP contribution in [0, 0.1) is 13.8 Å². The van der Waals surface area contributed by atoms with Gasteiger partial charge in [0.05, 0.1) is 69.0 Å². The maximum atomic E-state index is 9.27. The lowest BCUT2D eigenvalue weighted by Crippen LogP contribution is -2.05. The molecule has 2 N–H and O–H groups in total. The van der Waals surface area contributed by atoms with Crippen molar-refractivity contribution in [3.8, 4) is 34.0 Å². The van der Waals surface area contributed by atoms with E-state index < -0.39 is 0 Å². The van der Waals surface area contributed by atoms with Crippen LogP contribution in [0.1, 0.15) is 33.9 Å². The van der Waals surface area contributed by atoms with E-state index in [-0.39, 0.29) is 13.2 Å². The zero-order valence-electron chi connectivity index (χ0n) is 26.2. The molecule has 4 aromatic heterocycles. The summed E-state index contributed by atoms with van der Waals surface area (Å²) >= 11 is 0. The number of pyridine rings is 2. The lowest BCUT2D eigenvalue weighted by molar-refractivity contribution is 0.276. The van der Waals surface area contributed by atoms with E-state index in [1.807, 2.05) is 96.0 Å². The van der Waals surface area contributed by atoms with Crippen molar-refractivity contribution in [2.75, 3.05) is 14.2 Å². The second-order valence-corrected chi connectivity index (χ2v) is 10.4. The maximum absolute atomic E-state index is 9.27. The van der Waals surface area contributed by atoms with E-state index in [0.29, 0.717) is 24.5 Å². The second-order valence-electron chi connectivity index (χ2n) is 10.4. The molecule has 0 bridgehead atoms. The molecule has 0 saturated carbocycles. The fourth-order valence-corrected chi connectivity index (χ4v) is 4.88. The molecule has 0 aliphatic heterocycles. The third-order valence-electron chi connectivity index (χ3n) is 7.37. The molecule has 46 heavy (non-hydrogen) atoms. The van der Waals surface area contributed by atoms with Gasteiger partial charge in [0, 0.05) is 23.5 Å². The first-order valence-electron chi connectivity index (χ1n) is 14.6. The summed E-state index contributed by atoms with van der Waals surface area (Å²) in [7, 11) is 3.30. The number of methoxy groups -OCH3 is 2. The van der Waals surface area contributed by atoms with Gasteiger partial charge in [0.1, 0.15) is 17.2 Å². The number of rotatable bonds is 10. The minimum absolute atomic E-state index is 0.0903. The minimum Gasteiger partial charge on any atom is -0.497 e. The van der Waals surface area contributed by atoms with Gasteiger partial charge in [0.15, 0.2) is 0 Å². The molecular weight excluding hydrogens is 584 g/mol. The van der Waals surface area contributed by atoms with Crippen LogP contribution in [0.4, 0.5) is 0 Å². The van der Waals surface area contributed by atoms with Crippen LogP contribution in [0.3, 0.4) is 0 Å². The molecule has 12 heteroatoms. The van der Waals surface area contributed by atoms with Crippen LogP contribution in [0.15, 0.2) is 85.2 Å². The lowest BCUT2D eigenvalue weighted by Gasteiger charge is -2.09. The summed E-state index contributed by atoms with van der Waals surface area (Å²) in [5.74, 6) is 1.66. The van der Waals surface area contributed by atoms with Gasteiger partial charge >= 0.3 is 0 Å². The number of benzene rings is 2. The number of hydrogen-bond acceptors (Lipinski definition) is 10. The fourth-order valence-electron chi connectivity index (χ4n) is 4.88. The molecule has 0 fully saturated rings. The Labute approximate surface area is 266 Å². The van der Waals surface area contributed by atoms with Crippen LogP contribution >= 0.6 is 0 Å². The highest BCUT2D eigenvalue weighted by molar-refractivity contribution is 5.62. The van der Waals surface area contributed by atoms with Crippen molar-refractivity contribution in [3.63, 3.8) is 0 Å². The second kappa shape index (κ2) is 15.0. The highest BCUT2D eigenvalue weighted by Crippen LogP contribution is 2.24. The van der Waals surface area contributed by atoms with Crippen LogP contribution in [0.5, 0.6) is 11.5 Å². The Balaban J connectivity index is 0.000000181. The molecule has 6 aromatic rings. The highest BCUT2D eigenvalue weighted by Gasteiger charge is 2.14. The average Bonchev–Trinajstić information content (AvgIpc) is 3.66. The van der Waals surface area contributed by atoms with Crippen molar-refractivity contribution < 1.29 is 19.7 Å². The standard InChI is InChI=1S/2C17H18N4O2/c1-12-17(14-7-8-18-15(9-14)11-22)19-20-21(12)10-13-3-5-16(23-2)6-4-13;1-12-17(14-7-8-18-15(9-14)11-22)21(20-19-12)10-13-3-5-16(23-2)6-4-13/h2*3-9,22H,10-11H2,1-2H3. The van der Waals surface area contributed by atoms with Gasteiger partial charge in [-0.1, -0.05) is 34.7 Å². The molecule has 0 amide bonds. The largest absolute Gasteiger partial charge is 0.497 e. The SMILES string of the molecule is COc1ccc(Cn2nnc(-c3ccnc(CO)c3)c2C)cc1.COc1ccc(Cn2nnc(C)c2-c2ccnc(CO)c2)cc1. The quantitative estimate of drug-likeness (QED) is 0.226. The summed E-state index contributed by atoms with van der Waals surface area (Å²) in [6.45, 7) is 4.97. The van der Waals surface area contributed by atoms with Crippen molar-refractivity contribution in [2.24, 2.45) is 0 Å². The third kappa shape index (κ3) is 7.60. The number of aliphatic hydroxyl groups excluding tert-OH is 2. The Bertz CT molecular complexity index is 1870. The topological polar surface area (TPSA) is 146 Å².